The molecule has 2 aromatic rings. The Hall–Kier alpha value is -1.94. The molecular formula is C12H8O3S. The number of carbonyl (C=O) groups is 2. The lowest BCUT2D eigenvalue weighted by molar-refractivity contribution is 0.0697. The molecular weight excluding hydrogens is 224 g/mol. The largest absolute Gasteiger partial charge is 0.478 e. The maximum absolute atomic E-state index is 11.0. The first kappa shape index (κ1) is 10.6. The Morgan fingerprint density at radius 1 is 1.25 bits per heavy atom. The molecule has 0 unspecified atom stereocenters. The van der Waals surface area contributed by atoms with Crippen molar-refractivity contribution in [2.75, 3.05) is 0 Å². The van der Waals surface area contributed by atoms with Crippen LogP contribution in [0.15, 0.2) is 35.7 Å². The van der Waals surface area contributed by atoms with Crippen molar-refractivity contribution in [1.29, 1.82) is 0 Å². The summed E-state index contributed by atoms with van der Waals surface area (Å²) in [6.07, 6.45) is 0.741. The highest BCUT2D eigenvalue weighted by Gasteiger charge is 2.14. The molecule has 1 heterocycles. The van der Waals surface area contributed by atoms with Gasteiger partial charge in [-0.05, 0) is 17.5 Å². The van der Waals surface area contributed by atoms with Crippen LogP contribution < -0.4 is 0 Å². The molecule has 0 fully saturated rings. The molecule has 4 heteroatoms. The minimum absolute atomic E-state index is 0.216. The minimum Gasteiger partial charge on any atom is -0.478 e. The van der Waals surface area contributed by atoms with E-state index < -0.39 is 5.97 Å². The number of aldehydes is 1. The van der Waals surface area contributed by atoms with Crippen molar-refractivity contribution in [1.82, 2.24) is 0 Å². The number of rotatable bonds is 3. The molecule has 0 aliphatic carbocycles. The Morgan fingerprint density at radius 3 is 2.69 bits per heavy atom. The SMILES string of the molecule is O=Cc1ccsc1-c1ccccc1C(=O)O. The summed E-state index contributed by atoms with van der Waals surface area (Å²) >= 11 is 1.36. The van der Waals surface area contributed by atoms with E-state index in [2.05, 4.69) is 0 Å². The van der Waals surface area contributed by atoms with Crippen LogP contribution >= 0.6 is 11.3 Å². The highest BCUT2D eigenvalue weighted by Crippen LogP contribution is 2.31. The van der Waals surface area contributed by atoms with Gasteiger partial charge in [0.15, 0.2) is 6.29 Å². The fourth-order valence-electron chi connectivity index (χ4n) is 1.50. The van der Waals surface area contributed by atoms with Crippen LogP contribution in [0.4, 0.5) is 0 Å². The van der Waals surface area contributed by atoms with Crippen LogP contribution in [-0.4, -0.2) is 17.4 Å². The van der Waals surface area contributed by atoms with Crippen molar-refractivity contribution >= 4 is 23.6 Å². The topological polar surface area (TPSA) is 54.4 Å². The number of carbonyl (C=O) groups excluding carboxylic acids is 1. The first-order valence-corrected chi connectivity index (χ1v) is 5.47. The summed E-state index contributed by atoms with van der Waals surface area (Å²) in [6, 6.07) is 8.36. The van der Waals surface area contributed by atoms with Gasteiger partial charge < -0.3 is 5.11 Å². The molecule has 0 amide bonds. The Balaban J connectivity index is 2.64. The summed E-state index contributed by atoms with van der Waals surface area (Å²) in [6.45, 7) is 0. The van der Waals surface area contributed by atoms with Gasteiger partial charge in [0, 0.05) is 16.0 Å². The van der Waals surface area contributed by atoms with Crippen molar-refractivity contribution in [3.05, 3.63) is 46.8 Å². The van der Waals surface area contributed by atoms with Crippen LogP contribution in [0.3, 0.4) is 0 Å². The van der Waals surface area contributed by atoms with Gasteiger partial charge in [0.05, 0.1) is 5.56 Å². The maximum atomic E-state index is 11.0. The standard InChI is InChI=1S/C12H8O3S/c13-7-8-5-6-16-11(8)9-3-1-2-4-10(9)12(14)15/h1-7H,(H,14,15). The Labute approximate surface area is 96.0 Å². The van der Waals surface area contributed by atoms with E-state index in [9.17, 15) is 9.59 Å². The number of carboxylic acids is 1. The Bertz CT molecular complexity index is 543. The van der Waals surface area contributed by atoms with E-state index in [1.165, 1.54) is 17.4 Å². The third-order valence-corrected chi connectivity index (χ3v) is 3.19. The molecule has 1 aromatic carbocycles. The van der Waals surface area contributed by atoms with E-state index >= 15 is 0 Å². The molecule has 16 heavy (non-hydrogen) atoms. The zero-order valence-electron chi connectivity index (χ0n) is 8.21. The summed E-state index contributed by atoms with van der Waals surface area (Å²) in [5, 5.41) is 10.8. The van der Waals surface area contributed by atoms with Gasteiger partial charge in [-0.1, -0.05) is 18.2 Å². The quantitative estimate of drug-likeness (QED) is 0.828. The molecule has 0 atom stereocenters. The summed E-state index contributed by atoms with van der Waals surface area (Å²) < 4.78 is 0. The monoisotopic (exact) mass is 232 g/mol. The van der Waals surface area contributed by atoms with E-state index in [0.29, 0.717) is 16.0 Å². The molecule has 80 valence electrons. The first-order valence-electron chi connectivity index (χ1n) is 4.59. The molecule has 0 saturated carbocycles. The zero-order chi connectivity index (χ0) is 11.5. The highest BCUT2D eigenvalue weighted by atomic mass is 32.1. The predicted molar refractivity (Wildman–Crippen MR) is 62.1 cm³/mol. The van der Waals surface area contributed by atoms with Crippen molar-refractivity contribution in [3.63, 3.8) is 0 Å². The van der Waals surface area contributed by atoms with Crippen molar-refractivity contribution < 1.29 is 14.7 Å². The summed E-state index contributed by atoms with van der Waals surface area (Å²) in [5.41, 5.74) is 1.33. The van der Waals surface area contributed by atoms with E-state index in [1.807, 2.05) is 0 Å². The average molecular weight is 232 g/mol. The Kier molecular flexibility index (Phi) is 2.83. The third-order valence-electron chi connectivity index (χ3n) is 2.22. The second-order valence-corrected chi connectivity index (χ2v) is 4.09. The molecule has 0 aliphatic heterocycles. The van der Waals surface area contributed by atoms with Crippen LogP contribution in [0.25, 0.3) is 10.4 Å². The van der Waals surface area contributed by atoms with Crippen LogP contribution in [0.2, 0.25) is 0 Å². The zero-order valence-corrected chi connectivity index (χ0v) is 9.03. The van der Waals surface area contributed by atoms with Gasteiger partial charge in [0.2, 0.25) is 0 Å². The highest BCUT2D eigenvalue weighted by molar-refractivity contribution is 7.14. The lowest BCUT2D eigenvalue weighted by Gasteiger charge is -2.03. The van der Waals surface area contributed by atoms with Gasteiger partial charge >= 0.3 is 5.97 Å². The molecule has 3 nitrogen and oxygen atoms in total. The smallest absolute Gasteiger partial charge is 0.336 e. The van der Waals surface area contributed by atoms with Crippen molar-refractivity contribution in [2.24, 2.45) is 0 Å². The first-order chi connectivity index (χ1) is 7.74. The van der Waals surface area contributed by atoms with Gasteiger partial charge in [-0.2, -0.15) is 0 Å². The second kappa shape index (κ2) is 4.28. The number of benzene rings is 1. The lowest BCUT2D eigenvalue weighted by atomic mass is 10.0. The summed E-state index contributed by atoms with van der Waals surface area (Å²) in [5.74, 6) is -0.985. The normalized spacial score (nSPS) is 10.0. The van der Waals surface area contributed by atoms with Gasteiger partial charge in [0.25, 0.3) is 0 Å². The minimum atomic E-state index is -0.985. The van der Waals surface area contributed by atoms with E-state index in [4.69, 9.17) is 5.11 Å². The average Bonchev–Trinajstić information content (AvgIpc) is 2.76. The van der Waals surface area contributed by atoms with Crippen LogP contribution in [0, 0.1) is 0 Å². The molecule has 1 aromatic heterocycles. The van der Waals surface area contributed by atoms with E-state index in [1.54, 1.807) is 29.6 Å². The molecule has 1 N–H and O–H groups in total. The molecule has 2 rings (SSSR count). The second-order valence-electron chi connectivity index (χ2n) is 3.17. The van der Waals surface area contributed by atoms with Gasteiger partial charge in [-0.15, -0.1) is 11.3 Å². The Morgan fingerprint density at radius 2 is 2.00 bits per heavy atom. The molecule has 0 aliphatic rings. The number of thiophene rings is 1. The molecule has 0 radical (unpaired) electrons. The van der Waals surface area contributed by atoms with Crippen molar-refractivity contribution in [3.8, 4) is 10.4 Å². The molecule has 0 saturated heterocycles. The van der Waals surface area contributed by atoms with Crippen LogP contribution in [0.5, 0.6) is 0 Å². The van der Waals surface area contributed by atoms with E-state index in [0.717, 1.165) is 6.29 Å². The molecule has 0 bridgehead atoms. The van der Waals surface area contributed by atoms with Gasteiger partial charge in [-0.3, -0.25) is 4.79 Å². The maximum Gasteiger partial charge on any atom is 0.336 e. The van der Waals surface area contributed by atoms with Crippen molar-refractivity contribution in [2.45, 2.75) is 0 Å². The van der Waals surface area contributed by atoms with E-state index in [-0.39, 0.29) is 5.56 Å². The van der Waals surface area contributed by atoms with Crippen LogP contribution in [-0.2, 0) is 0 Å². The van der Waals surface area contributed by atoms with Gasteiger partial charge in [-0.25, -0.2) is 4.79 Å². The number of hydrogen-bond acceptors (Lipinski definition) is 3. The fourth-order valence-corrected chi connectivity index (χ4v) is 2.41. The lowest BCUT2D eigenvalue weighted by Crippen LogP contribution is -1.99. The summed E-state index contributed by atoms with van der Waals surface area (Å²) in [7, 11) is 0. The number of hydrogen-bond donors (Lipinski definition) is 1. The van der Waals surface area contributed by atoms with Gasteiger partial charge in [0.1, 0.15) is 0 Å². The number of aromatic carboxylic acids is 1. The van der Waals surface area contributed by atoms with Crippen LogP contribution in [0.1, 0.15) is 20.7 Å². The third kappa shape index (κ3) is 1.75. The number of carboxylic acid groups (broad SMARTS) is 1. The summed E-state index contributed by atoms with van der Waals surface area (Å²) in [4.78, 5) is 22.5. The predicted octanol–water partition coefficient (Wildman–Crippen LogP) is 2.93. The molecule has 0 spiro atoms. The fraction of sp³-hybridized carbons (Fsp3) is 0.